The fourth-order valence-electron chi connectivity index (χ4n) is 1.75. The van der Waals surface area contributed by atoms with Gasteiger partial charge in [0.25, 0.3) is 10.0 Å². The van der Waals surface area contributed by atoms with Crippen LogP contribution in [0, 0.1) is 5.41 Å². The lowest BCUT2D eigenvalue weighted by molar-refractivity contribution is 0.240. The highest BCUT2D eigenvalue weighted by Crippen LogP contribution is 2.26. The smallest absolute Gasteiger partial charge is 0.263 e. The molecule has 8 heteroatoms. The van der Waals surface area contributed by atoms with Gasteiger partial charge in [-0.2, -0.15) is 4.31 Å². The minimum absolute atomic E-state index is 0.0634. The van der Waals surface area contributed by atoms with Crippen LogP contribution in [0.3, 0.4) is 0 Å². The Morgan fingerprint density at radius 2 is 2.05 bits per heavy atom. The molecule has 1 N–H and O–H groups in total. The maximum atomic E-state index is 12.6. The molecule has 0 spiro atoms. The van der Waals surface area contributed by atoms with Crippen molar-refractivity contribution < 1.29 is 13.5 Å². The van der Waals surface area contributed by atoms with Gasteiger partial charge in [0.2, 0.25) is 5.03 Å². The lowest BCUT2D eigenvalue weighted by Gasteiger charge is -2.28. The normalized spacial score (nSPS) is 13.2. The van der Waals surface area contributed by atoms with Crippen molar-refractivity contribution in [2.75, 3.05) is 19.7 Å². The van der Waals surface area contributed by atoms with E-state index in [0.29, 0.717) is 13.0 Å². The maximum absolute atomic E-state index is 12.6. The van der Waals surface area contributed by atoms with Gasteiger partial charge in [-0.3, -0.25) is 0 Å². The number of aliphatic hydroxyl groups is 1. The summed E-state index contributed by atoms with van der Waals surface area (Å²) in [5.41, 5.74) is -0.205. The molecule has 0 aromatic carbocycles. The summed E-state index contributed by atoms with van der Waals surface area (Å²) in [7, 11) is -2.12. The van der Waals surface area contributed by atoms with Crippen molar-refractivity contribution in [2.45, 2.75) is 32.2 Å². The molecule has 0 aliphatic carbocycles. The van der Waals surface area contributed by atoms with Crippen molar-refractivity contribution >= 4 is 21.6 Å². The van der Waals surface area contributed by atoms with E-state index in [2.05, 4.69) is 4.98 Å². The summed E-state index contributed by atoms with van der Waals surface area (Å²) in [6.07, 6.45) is 1.75. The highest BCUT2D eigenvalue weighted by Gasteiger charge is 2.32. The van der Waals surface area contributed by atoms with Crippen LogP contribution in [0.5, 0.6) is 0 Å². The van der Waals surface area contributed by atoms with Gasteiger partial charge >= 0.3 is 0 Å². The third-order valence-corrected chi connectivity index (χ3v) is 4.97. The summed E-state index contributed by atoms with van der Waals surface area (Å²) in [4.78, 5) is 3.88. The Balaban J connectivity index is 3.13. The molecule has 0 radical (unpaired) electrons. The first kappa shape index (κ1) is 17.4. The summed E-state index contributed by atoms with van der Waals surface area (Å²) in [5, 5.41) is 8.90. The van der Waals surface area contributed by atoms with Crippen LogP contribution in [-0.4, -0.2) is 47.1 Å². The average Bonchev–Trinajstić information content (AvgIpc) is 2.64. The topological polar surface area (TPSA) is 75.4 Å². The van der Waals surface area contributed by atoms with Crippen molar-refractivity contribution in [2.24, 2.45) is 12.5 Å². The highest BCUT2D eigenvalue weighted by molar-refractivity contribution is 7.89. The lowest BCUT2D eigenvalue weighted by atomic mass is 9.97. The number of aryl methyl sites for hydroxylation is 1. The molecule has 1 heterocycles. The van der Waals surface area contributed by atoms with Crippen molar-refractivity contribution in [3.05, 3.63) is 11.5 Å². The summed E-state index contributed by atoms with van der Waals surface area (Å²) in [6, 6.07) is 0. The zero-order valence-corrected chi connectivity index (χ0v) is 13.9. The summed E-state index contributed by atoms with van der Waals surface area (Å²) in [6.45, 7) is 6.37. The molecular weight excluding hydrogens is 302 g/mol. The summed E-state index contributed by atoms with van der Waals surface area (Å²) >= 11 is 5.99. The van der Waals surface area contributed by atoms with Crippen LogP contribution in [0.15, 0.2) is 11.4 Å². The van der Waals surface area contributed by atoms with E-state index in [-0.39, 0.29) is 28.7 Å². The first-order valence-electron chi connectivity index (χ1n) is 6.37. The van der Waals surface area contributed by atoms with E-state index in [9.17, 15) is 8.42 Å². The number of hydrogen-bond acceptors (Lipinski definition) is 4. The van der Waals surface area contributed by atoms with Crippen LogP contribution >= 0.6 is 11.6 Å². The van der Waals surface area contributed by atoms with Gasteiger partial charge < -0.3 is 9.67 Å². The number of aliphatic hydroxyl groups excluding tert-OH is 1. The van der Waals surface area contributed by atoms with Gasteiger partial charge in [0, 0.05) is 26.7 Å². The zero-order valence-electron chi connectivity index (χ0n) is 12.3. The molecule has 0 atom stereocenters. The SMILES string of the molecule is Cn1cnc(S(=O)(=O)N(CCCO)CC(C)(C)C)c1Cl. The van der Waals surface area contributed by atoms with Crippen LogP contribution < -0.4 is 0 Å². The van der Waals surface area contributed by atoms with Crippen molar-refractivity contribution in [3.8, 4) is 0 Å². The monoisotopic (exact) mass is 323 g/mol. The molecule has 0 amide bonds. The molecular formula is C12H22ClN3O3S. The Hall–Kier alpha value is -0.630. The number of halogens is 1. The molecule has 0 aliphatic rings. The molecule has 1 aromatic heterocycles. The predicted octanol–water partition coefficient (Wildman–Crippen LogP) is 1.49. The van der Waals surface area contributed by atoms with Crippen molar-refractivity contribution in [1.29, 1.82) is 0 Å². The van der Waals surface area contributed by atoms with Gasteiger partial charge in [0.15, 0.2) is 0 Å². The molecule has 6 nitrogen and oxygen atoms in total. The zero-order chi connectivity index (χ0) is 15.6. The Morgan fingerprint density at radius 3 is 2.45 bits per heavy atom. The molecule has 0 saturated heterocycles. The molecule has 0 fully saturated rings. The molecule has 0 bridgehead atoms. The largest absolute Gasteiger partial charge is 0.396 e. The molecule has 116 valence electrons. The Morgan fingerprint density at radius 1 is 1.45 bits per heavy atom. The molecule has 0 aliphatic heterocycles. The quantitative estimate of drug-likeness (QED) is 0.860. The van der Waals surface area contributed by atoms with Gasteiger partial charge in [0.1, 0.15) is 5.15 Å². The van der Waals surface area contributed by atoms with Gasteiger partial charge in [0.05, 0.1) is 6.33 Å². The predicted molar refractivity (Wildman–Crippen MR) is 78.1 cm³/mol. The minimum atomic E-state index is -3.76. The van der Waals surface area contributed by atoms with E-state index in [1.165, 1.54) is 15.2 Å². The number of nitrogens with zero attached hydrogens (tertiary/aromatic N) is 3. The first-order chi connectivity index (χ1) is 9.09. The number of imidazole rings is 1. The van der Waals surface area contributed by atoms with Crippen LogP contribution in [0.4, 0.5) is 0 Å². The Kier molecular flexibility index (Phi) is 5.60. The van der Waals surface area contributed by atoms with Crippen LogP contribution in [-0.2, 0) is 17.1 Å². The van der Waals surface area contributed by atoms with Gasteiger partial charge in [-0.05, 0) is 11.8 Å². The van der Waals surface area contributed by atoms with Gasteiger partial charge in [-0.25, -0.2) is 13.4 Å². The third kappa shape index (κ3) is 4.18. The minimum Gasteiger partial charge on any atom is -0.396 e. The Labute approximate surface area is 125 Å². The van der Waals surface area contributed by atoms with Gasteiger partial charge in [-0.15, -0.1) is 0 Å². The van der Waals surface area contributed by atoms with Crippen LogP contribution in [0.1, 0.15) is 27.2 Å². The third-order valence-electron chi connectivity index (χ3n) is 2.63. The number of aromatic nitrogens is 2. The second kappa shape index (κ2) is 6.43. The van der Waals surface area contributed by atoms with Crippen LogP contribution in [0.2, 0.25) is 5.15 Å². The van der Waals surface area contributed by atoms with E-state index in [1.54, 1.807) is 7.05 Å². The van der Waals surface area contributed by atoms with E-state index in [0.717, 1.165) is 0 Å². The molecule has 0 saturated carbocycles. The fraction of sp³-hybridized carbons (Fsp3) is 0.750. The van der Waals surface area contributed by atoms with Crippen LogP contribution in [0.25, 0.3) is 0 Å². The summed E-state index contributed by atoms with van der Waals surface area (Å²) < 4.78 is 28.1. The highest BCUT2D eigenvalue weighted by atomic mass is 35.5. The van der Waals surface area contributed by atoms with E-state index >= 15 is 0 Å². The lowest BCUT2D eigenvalue weighted by Crippen LogP contribution is -2.39. The maximum Gasteiger partial charge on any atom is 0.263 e. The molecule has 0 unspecified atom stereocenters. The molecule has 1 rings (SSSR count). The van der Waals surface area contributed by atoms with E-state index < -0.39 is 10.0 Å². The van der Waals surface area contributed by atoms with E-state index in [1.807, 2.05) is 20.8 Å². The number of rotatable bonds is 6. The van der Waals surface area contributed by atoms with Gasteiger partial charge in [-0.1, -0.05) is 32.4 Å². The standard InChI is InChI=1S/C12H22ClN3O3S/c1-12(2,3)8-16(6-5-7-17)20(18,19)11-10(13)15(4)9-14-11/h9,17H,5-8H2,1-4H3. The second-order valence-electron chi connectivity index (χ2n) is 5.93. The van der Waals surface area contributed by atoms with Crippen molar-refractivity contribution in [3.63, 3.8) is 0 Å². The second-order valence-corrected chi connectivity index (χ2v) is 8.14. The summed E-state index contributed by atoms with van der Waals surface area (Å²) in [5.74, 6) is 0. The molecule has 20 heavy (non-hydrogen) atoms. The number of hydrogen-bond donors (Lipinski definition) is 1. The molecule has 1 aromatic rings. The van der Waals surface area contributed by atoms with Crippen molar-refractivity contribution in [1.82, 2.24) is 13.9 Å². The average molecular weight is 324 g/mol. The fourth-order valence-corrected chi connectivity index (χ4v) is 3.84. The van der Waals surface area contributed by atoms with E-state index in [4.69, 9.17) is 16.7 Å². The number of sulfonamides is 1. The Bertz CT molecular complexity index is 549. The first-order valence-corrected chi connectivity index (χ1v) is 8.19.